The van der Waals surface area contributed by atoms with Gasteiger partial charge in [-0.05, 0) is 65.9 Å². The summed E-state index contributed by atoms with van der Waals surface area (Å²) in [4.78, 5) is 12.3. The van der Waals surface area contributed by atoms with Gasteiger partial charge in [0.25, 0.3) is 0 Å². The van der Waals surface area contributed by atoms with Gasteiger partial charge in [-0.3, -0.25) is 0 Å². The number of nitrogens with one attached hydrogen (secondary N) is 1. The number of benzene rings is 4. The van der Waals surface area contributed by atoms with E-state index in [1.54, 1.807) is 0 Å². The average molecular weight is 466 g/mol. The van der Waals surface area contributed by atoms with Crippen LogP contribution in [-0.4, -0.2) is 32.3 Å². The van der Waals surface area contributed by atoms with Crippen LogP contribution in [0.2, 0.25) is 0 Å². The van der Waals surface area contributed by atoms with E-state index in [4.69, 9.17) is 9.47 Å². The predicted molar refractivity (Wildman–Crippen MR) is 140 cm³/mol. The molecule has 0 saturated heterocycles. The van der Waals surface area contributed by atoms with Gasteiger partial charge in [-0.25, -0.2) is 4.79 Å². The lowest BCUT2D eigenvalue weighted by molar-refractivity contribution is 0.0599. The number of aryl methyl sites for hydroxylation is 1. The van der Waals surface area contributed by atoms with Crippen molar-refractivity contribution in [3.8, 4) is 5.75 Å². The molecule has 1 aliphatic rings. The van der Waals surface area contributed by atoms with Crippen LogP contribution in [0.3, 0.4) is 0 Å². The highest BCUT2D eigenvalue weighted by Crippen LogP contribution is 2.40. The zero-order chi connectivity index (χ0) is 24.2. The minimum atomic E-state index is -0.295. The standard InChI is InChI=1S/C31H31NO3/c1-21-14-15-24(18-28(21)31(33)34-2)29-19-25(35-30-13-6-5-12-27(29)30)20-32-17-16-23-10-7-9-22-8-3-4-11-26(22)23/h3-15,18,25,29,32H,16-17,19-20H2,1-2H3. The summed E-state index contributed by atoms with van der Waals surface area (Å²) < 4.78 is 11.4. The number of ether oxygens (including phenoxy) is 2. The number of rotatable bonds is 7. The van der Waals surface area contributed by atoms with E-state index in [1.165, 1.54) is 29.0 Å². The van der Waals surface area contributed by atoms with Gasteiger partial charge in [0, 0.05) is 18.0 Å². The molecule has 0 spiro atoms. The molecule has 0 radical (unpaired) electrons. The summed E-state index contributed by atoms with van der Waals surface area (Å²) in [6.45, 7) is 3.60. The van der Waals surface area contributed by atoms with E-state index >= 15 is 0 Å². The van der Waals surface area contributed by atoms with Crippen molar-refractivity contribution < 1.29 is 14.3 Å². The van der Waals surface area contributed by atoms with Gasteiger partial charge >= 0.3 is 5.97 Å². The fraction of sp³-hybridized carbons (Fsp3) is 0.258. The highest BCUT2D eigenvalue weighted by molar-refractivity contribution is 5.91. The minimum Gasteiger partial charge on any atom is -0.489 e. The zero-order valence-electron chi connectivity index (χ0n) is 20.3. The van der Waals surface area contributed by atoms with E-state index in [1.807, 2.05) is 37.3 Å². The maximum atomic E-state index is 12.3. The van der Waals surface area contributed by atoms with Crippen molar-refractivity contribution >= 4 is 16.7 Å². The van der Waals surface area contributed by atoms with Crippen molar-refractivity contribution in [3.63, 3.8) is 0 Å². The molecular formula is C31H31NO3. The van der Waals surface area contributed by atoms with Crippen LogP contribution in [-0.2, 0) is 11.2 Å². The average Bonchev–Trinajstić information content (AvgIpc) is 2.90. The number of para-hydroxylation sites is 1. The maximum Gasteiger partial charge on any atom is 0.338 e. The molecule has 0 aromatic heterocycles. The van der Waals surface area contributed by atoms with Crippen LogP contribution >= 0.6 is 0 Å². The summed E-state index contributed by atoms with van der Waals surface area (Å²) in [5, 5.41) is 6.22. The van der Waals surface area contributed by atoms with Gasteiger partial charge in [-0.1, -0.05) is 72.8 Å². The number of fused-ring (bicyclic) bond motifs is 2. The fourth-order valence-corrected chi connectivity index (χ4v) is 5.12. The van der Waals surface area contributed by atoms with E-state index in [9.17, 15) is 4.79 Å². The van der Waals surface area contributed by atoms with Crippen molar-refractivity contribution in [3.05, 3.63) is 113 Å². The summed E-state index contributed by atoms with van der Waals surface area (Å²) in [6, 6.07) is 29.4. The summed E-state index contributed by atoms with van der Waals surface area (Å²) in [5.74, 6) is 0.787. The summed E-state index contributed by atoms with van der Waals surface area (Å²) in [5.41, 5.74) is 5.19. The molecular weight excluding hydrogens is 434 g/mol. The Morgan fingerprint density at radius 1 is 1.00 bits per heavy atom. The summed E-state index contributed by atoms with van der Waals surface area (Å²) >= 11 is 0. The topological polar surface area (TPSA) is 47.6 Å². The number of hydrogen-bond donors (Lipinski definition) is 1. The first-order valence-corrected chi connectivity index (χ1v) is 12.3. The van der Waals surface area contributed by atoms with E-state index in [-0.39, 0.29) is 18.0 Å². The molecule has 0 bridgehead atoms. The third kappa shape index (κ3) is 4.94. The third-order valence-electron chi connectivity index (χ3n) is 6.98. The Balaban J connectivity index is 1.30. The molecule has 4 aromatic rings. The Labute approximate surface area is 206 Å². The van der Waals surface area contributed by atoms with Gasteiger partial charge in [0.05, 0.1) is 12.7 Å². The molecule has 35 heavy (non-hydrogen) atoms. The van der Waals surface area contributed by atoms with Gasteiger partial charge in [0.1, 0.15) is 11.9 Å². The summed E-state index contributed by atoms with van der Waals surface area (Å²) in [6.07, 6.45) is 1.86. The lowest BCUT2D eigenvalue weighted by Gasteiger charge is -2.33. The van der Waals surface area contributed by atoms with Crippen LogP contribution in [0, 0.1) is 6.92 Å². The van der Waals surface area contributed by atoms with E-state index < -0.39 is 0 Å². The number of esters is 1. The second-order valence-electron chi connectivity index (χ2n) is 9.22. The number of carbonyl (C=O) groups is 1. The van der Waals surface area contributed by atoms with Crippen molar-refractivity contribution in [2.45, 2.75) is 31.8 Å². The SMILES string of the molecule is COC(=O)c1cc(C2CC(CNCCc3cccc4ccccc34)Oc3ccccc32)ccc1C. The fourth-order valence-electron chi connectivity index (χ4n) is 5.12. The Morgan fingerprint density at radius 3 is 2.69 bits per heavy atom. The Morgan fingerprint density at radius 2 is 1.80 bits per heavy atom. The Bertz CT molecular complexity index is 1340. The van der Waals surface area contributed by atoms with Crippen LogP contribution in [0.1, 0.15) is 45.0 Å². The van der Waals surface area contributed by atoms with Gasteiger partial charge in [-0.2, -0.15) is 0 Å². The van der Waals surface area contributed by atoms with E-state index in [2.05, 4.69) is 59.9 Å². The van der Waals surface area contributed by atoms with Crippen LogP contribution in [0.15, 0.2) is 84.9 Å². The first-order chi connectivity index (χ1) is 17.1. The molecule has 4 heteroatoms. The van der Waals surface area contributed by atoms with Gasteiger partial charge in [-0.15, -0.1) is 0 Å². The molecule has 1 aliphatic heterocycles. The number of methoxy groups -OCH3 is 1. The molecule has 0 saturated carbocycles. The van der Waals surface area contributed by atoms with Crippen LogP contribution in [0.5, 0.6) is 5.75 Å². The molecule has 1 heterocycles. The van der Waals surface area contributed by atoms with Gasteiger partial charge in [0.15, 0.2) is 0 Å². The molecule has 1 N–H and O–H groups in total. The molecule has 2 unspecified atom stereocenters. The van der Waals surface area contributed by atoms with Crippen LogP contribution in [0.4, 0.5) is 0 Å². The second kappa shape index (κ2) is 10.3. The molecule has 0 aliphatic carbocycles. The van der Waals surface area contributed by atoms with E-state index in [0.717, 1.165) is 42.8 Å². The first-order valence-electron chi connectivity index (χ1n) is 12.3. The smallest absolute Gasteiger partial charge is 0.338 e. The second-order valence-corrected chi connectivity index (χ2v) is 9.22. The molecule has 4 nitrogen and oxygen atoms in total. The van der Waals surface area contributed by atoms with Crippen LogP contribution in [0.25, 0.3) is 10.8 Å². The van der Waals surface area contributed by atoms with Crippen LogP contribution < -0.4 is 10.1 Å². The highest BCUT2D eigenvalue weighted by Gasteiger charge is 2.29. The number of carbonyl (C=O) groups excluding carboxylic acids is 1. The predicted octanol–water partition coefficient (Wildman–Crippen LogP) is 6.05. The van der Waals surface area contributed by atoms with Crippen molar-refractivity contribution in [1.82, 2.24) is 5.32 Å². The zero-order valence-corrected chi connectivity index (χ0v) is 20.3. The quantitative estimate of drug-likeness (QED) is 0.267. The molecule has 0 fully saturated rings. The van der Waals surface area contributed by atoms with E-state index in [0.29, 0.717) is 5.56 Å². The summed E-state index contributed by atoms with van der Waals surface area (Å²) in [7, 11) is 1.43. The Kier molecular flexibility index (Phi) is 6.82. The first kappa shape index (κ1) is 23.1. The molecule has 2 atom stereocenters. The van der Waals surface area contributed by atoms with Crippen molar-refractivity contribution in [1.29, 1.82) is 0 Å². The largest absolute Gasteiger partial charge is 0.489 e. The minimum absolute atomic E-state index is 0.0466. The molecule has 4 aromatic carbocycles. The monoisotopic (exact) mass is 465 g/mol. The molecule has 5 rings (SSSR count). The maximum absolute atomic E-state index is 12.3. The molecule has 178 valence electrons. The highest BCUT2D eigenvalue weighted by atomic mass is 16.5. The molecule has 0 amide bonds. The lowest BCUT2D eigenvalue weighted by Crippen LogP contribution is -2.36. The third-order valence-corrected chi connectivity index (χ3v) is 6.98. The van der Waals surface area contributed by atoms with Gasteiger partial charge < -0.3 is 14.8 Å². The van der Waals surface area contributed by atoms with Crippen molar-refractivity contribution in [2.24, 2.45) is 0 Å². The normalized spacial score (nSPS) is 17.0. The lowest BCUT2D eigenvalue weighted by atomic mass is 9.83. The number of hydrogen-bond acceptors (Lipinski definition) is 4. The van der Waals surface area contributed by atoms with Crippen molar-refractivity contribution in [2.75, 3.05) is 20.2 Å². The van der Waals surface area contributed by atoms with Gasteiger partial charge in [0.2, 0.25) is 0 Å². The Hall–Kier alpha value is -3.63.